The molecule has 19 heavy (non-hydrogen) atoms. The van der Waals surface area contributed by atoms with E-state index < -0.39 is 0 Å². The smallest absolute Gasteiger partial charge is 0.0247 e. The zero-order chi connectivity index (χ0) is 13.7. The van der Waals surface area contributed by atoms with E-state index in [1.165, 1.54) is 70.9 Å². The van der Waals surface area contributed by atoms with Crippen LogP contribution in [0.25, 0.3) is 0 Å². The van der Waals surface area contributed by atoms with Gasteiger partial charge in [-0.25, -0.2) is 0 Å². The van der Waals surface area contributed by atoms with Crippen LogP contribution in [-0.2, 0) is 0 Å². The topological polar surface area (TPSA) is 29.3 Å². The predicted molar refractivity (Wildman–Crippen MR) is 83.2 cm³/mol. The maximum absolute atomic E-state index is 6.48. The summed E-state index contributed by atoms with van der Waals surface area (Å²) in [6.07, 6.45) is 12.3. The normalized spacial score (nSPS) is 35.7. The SMILES string of the molecule is CC(C)C1CCCN(C2CCCCCCC2N)CC1. The van der Waals surface area contributed by atoms with Crippen molar-refractivity contribution in [3.8, 4) is 0 Å². The molecule has 2 nitrogen and oxygen atoms in total. The van der Waals surface area contributed by atoms with E-state index in [1.54, 1.807) is 0 Å². The first-order chi connectivity index (χ1) is 9.18. The van der Waals surface area contributed by atoms with Crippen molar-refractivity contribution in [3.05, 3.63) is 0 Å². The van der Waals surface area contributed by atoms with Crippen LogP contribution in [-0.4, -0.2) is 30.1 Å². The fraction of sp³-hybridized carbons (Fsp3) is 1.00. The van der Waals surface area contributed by atoms with Crippen LogP contribution in [0.4, 0.5) is 0 Å². The third-order valence-electron chi connectivity index (χ3n) is 5.50. The maximum atomic E-state index is 6.48. The summed E-state index contributed by atoms with van der Waals surface area (Å²) in [6, 6.07) is 1.10. The number of nitrogens with two attached hydrogens (primary N) is 1. The van der Waals surface area contributed by atoms with Crippen LogP contribution in [0.15, 0.2) is 0 Å². The molecular formula is C17H34N2. The molecule has 1 saturated heterocycles. The number of likely N-dealkylation sites (tertiary alicyclic amines) is 1. The van der Waals surface area contributed by atoms with Gasteiger partial charge in [0, 0.05) is 12.1 Å². The molecule has 0 bridgehead atoms. The summed E-state index contributed by atoms with van der Waals surface area (Å²) in [5.74, 6) is 1.79. The highest BCUT2D eigenvalue weighted by molar-refractivity contribution is 4.86. The summed E-state index contributed by atoms with van der Waals surface area (Å²) < 4.78 is 0. The molecule has 112 valence electrons. The Labute approximate surface area is 120 Å². The molecule has 2 rings (SSSR count). The van der Waals surface area contributed by atoms with Crippen molar-refractivity contribution in [3.63, 3.8) is 0 Å². The zero-order valence-electron chi connectivity index (χ0n) is 13.1. The van der Waals surface area contributed by atoms with Gasteiger partial charge in [0.25, 0.3) is 0 Å². The van der Waals surface area contributed by atoms with Crippen LogP contribution < -0.4 is 5.73 Å². The van der Waals surface area contributed by atoms with Gasteiger partial charge in [-0.05, 0) is 57.0 Å². The van der Waals surface area contributed by atoms with Crippen LogP contribution >= 0.6 is 0 Å². The van der Waals surface area contributed by atoms with E-state index in [9.17, 15) is 0 Å². The Morgan fingerprint density at radius 3 is 2.32 bits per heavy atom. The van der Waals surface area contributed by atoms with Crippen LogP contribution in [0.3, 0.4) is 0 Å². The second-order valence-electron chi connectivity index (χ2n) is 7.19. The molecule has 3 unspecified atom stereocenters. The van der Waals surface area contributed by atoms with Crippen molar-refractivity contribution in [2.24, 2.45) is 17.6 Å². The Balaban J connectivity index is 1.91. The van der Waals surface area contributed by atoms with Gasteiger partial charge in [-0.1, -0.05) is 39.5 Å². The molecule has 0 aromatic rings. The summed E-state index contributed by atoms with van der Waals surface area (Å²) in [5, 5.41) is 0. The molecule has 2 aliphatic rings. The summed E-state index contributed by atoms with van der Waals surface area (Å²) in [6.45, 7) is 7.37. The molecule has 1 heterocycles. The Bertz CT molecular complexity index is 252. The molecule has 1 saturated carbocycles. The highest BCUT2D eigenvalue weighted by Gasteiger charge is 2.28. The first kappa shape index (κ1) is 15.3. The average Bonchev–Trinajstić information content (AvgIpc) is 2.60. The van der Waals surface area contributed by atoms with Gasteiger partial charge in [-0.2, -0.15) is 0 Å². The van der Waals surface area contributed by atoms with Crippen LogP contribution in [0.2, 0.25) is 0 Å². The minimum absolute atomic E-state index is 0.427. The monoisotopic (exact) mass is 266 g/mol. The molecule has 0 amide bonds. The minimum atomic E-state index is 0.427. The van der Waals surface area contributed by atoms with Gasteiger partial charge in [0.2, 0.25) is 0 Å². The molecule has 3 atom stereocenters. The number of hydrogen-bond donors (Lipinski definition) is 1. The van der Waals surface area contributed by atoms with E-state index in [1.807, 2.05) is 0 Å². The van der Waals surface area contributed by atoms with E-state index in [0.29, 0.717) is 12.1 Å². The third-order valence-corrected chi connectivity index (χ3v) is 5.50. The summed E-state index contributed by atoms with van der Waals surface area (Å²) >= 11 is 0. The van der Waals surface area contributed by atoms with Gasteiger partial charge < -0.3 is 5.73 Å². The van der Waals surface area contributed by atoms with Gasteiger partial charge in [0.05, 0.1) is 0 Å². The lowest BCUT2D eigenvalue weighted by atomic mass is 9.89. The lowest BCUT2D eigenvalue weighted by Crippen LogP contribution is -2.48. The Hall–Kier alpha value is -0.0800. The van der Waals surface area contributed by atoms with Gasteiger partial charge in [0.1, 0.15) is 0 Å². The van der Waals surface area contributed by atoms with E-state index >= 15 is 0 Å². The predicted octanol–water partition coefficient (Wildman–Crippen LogP) is 3.79. The van der Waals surface area contributed by atoms with Crippen molar-refractivity contribution >= 4 is 0 Å². The van der Waals surface area contributed by atoms with Crippen molar-refractivity contribution < 1.29 is 0 Å². The Morgan fingerprint density at radius 2 is 1.58 bits per heavy atom. The number of nitrogens with zero attached hydrogens (tertiary/aromatic N) is 1. The average molecular weight is 266 g/mol. The summed E-state index contributed by atoms with van der Waals surface area (Å²) in [7, 11) is 0. The van der Waals surface area contributed by atoms with E-state index in [4.69, 9.17) is 5.73 Å². The van der Waals surface area contributed by atoms with Crippen molar-refractivity contribution in [1.29, 1.82) is 0 Å². The first-order valence-electron chi connectivity index (χ1n) is 8.68. The molecule has 1 aliphatic carbocycles. The molecular weight excluding hydrogens is 232 g/mol. The van der Waals surface area contributed by atoms with Gasteiger partial charge in [-0.3, -0.25) is 4.90 Å². The molecule has 0 aromatic heterocycles. The van der Waals surface area contributed by atoms with E-state index in [2.05, 4.69) is 18.7 Å². The van der Waals surface area contributed by atoms with Gasteiger partial charge in [0.15, 0.2) is 0 Å². The first-order valence-corrected chi connectivity index (χ1v) is 8.68. The molecule has 2 heteroatoms. The second-order valence-corrected chi connectivity index (χ2v) is 7.19. The van der Waals surface area contributed by atoms with E-state index in [0.717, 1.165) is 11.8 Å². The second kappa shape index (κ2) is 7.64. The summed E-state index contributed by atoms with van der Waals surface area (Å²) in [5.41, 5.74) is 6.48. The quantitative estimate of drug-likeness (QED) is 0.824. The fourth-order valence-electron chi connectivity index (χ4n) is 4.09. The van der Waals surface area contributed by atoms with Gasteiger partial charge in [-0.15, -0.1) is 0 Å². The number of hydrogen-bond acceptors (Lipinski definition) is 2. The Kier molecular flexibility index (Phi) is 6.15. The molecule has 2 fully saturated rings. The van der Waals surface area contributed by atoms with Crippen LogP contribution in [0.1, 0.15) is 71.6 Å². The maximum Gasteiger partial charge on any atom is 0.0247 e. The molecule has 1 aliphatic heterocycles. The Morgan fingerprint density at radius 1 is 0.842 bits per heavy atom. The third kappa shape index (κ3) is 4.46. The van der Waals surface area contributed by atoms with Crippen molar-refractivity contribution in [2.75, 3.05) is 13.1 Å². The lowest BCUT2D eigenvalue weighted by Gasteiger charge is -2.36. The molecule has 0 spiro atoms. The van der Waals surface area contributed by atoms with Crippen LogP contribution in [0, 0.1) is 11.8 Å². The largest absolute Gasteiger partial charge is 0.326 e. The fourth-order valence-corrected chi connectivity index (χ4v) is 4.09. The highest BCUT2D eigenvalue weighted by atomic mass is 15.2. The molecule has 0 aromatic carbocycles. The highest BCUT2D eigenvalue weighted by Crippen LogP contribution is 2.28. The zero-order valence-corrected chi connectivity index (χ0v) is 13.1. The lowest BCUT2D eigenvalue weighted by molar-refractivity contribution is 0.150. The van der Waals surface area contributed by atoms with Crippen molar-refractivity contribution in [2.45, 2.75) is 83.7 Å². The van der Waals surface area contributed by atoms with Crippen molar-refractivity contribution in [1.82, 2.24) is 4.90 Å². The number of rotatable bonds is 2. The molecule has 0 radical (unpaired) electrons. The minimum Gasteiger partial charge on any atom is -0.326 e. The van der Waals surface area contributed by atoms with Crippen LogP contribution in [0.5, 0.6) is 0 Å². The van der Waals surface area contributed by atoms with E-state index in [-0.39, 0.29) is 0 Å². The molecule has 2 N–H and O–H groups in total. The van der Waals surface area contributed by atoms with Gasteiger partial charge >= 0.3 is 0 Å². The summed E-state index contributed by atoms with van der Waals surface area (Å²) in [4.78, 5) is 2.75. The standard InChI is InChI=1S/C17H34N2/c1-14(2)15-8-7-12-19(13-11-15)17-10-6-4-3-5-9-16(17)18/h14-17H,3-13,18H2,1-2H3.